The minimum atomic E-state index is -0.964. The lowest BCUT2D eigenvalue weighted by Gasteiger charge is -2.14. The number of allylic oxidation sites excluding steroid dienone is 2. The Bertz CT molecular complexity index is 224. The highest BCUT2D eigenvalue weighted by atomic mass is 79.9. The van der Waals surface area contributed by atoms with E-state index in [1.807, 2.05) is 0 Å². The molecule has 0 amide bonds. The van der Waals surface area contributed by atoms with Gasteiger partial charge in [0.15, 0.2) is 0 Å². The molecule has 15 heavy (non-hydrogen) atoms. The van der Waals surface area contributed by atoms with Crippen molar-refractivity contribution in [2.45, 2.75) is 25.7 Å². The minimum Gasteiger partial charge on any atom is -0.401 e. The Labute approximate surface area is 102 Å². The van der Waals surface area contributed by atoms with Crippen LogP contribution in [0.25, 0.3) is 0 Å². The van der Waals surface area contributed by atoms with Crippen LogP contribution in [0.1, 0.15) is 0 Å². The molecule has 0 spiro atoms. The molecule has 0 aromatic carbocycles. The van der Waals surface area contributed by atoms with Crippen LogP contribution in [0.2, 0.25) is 25.7 Å². The van der Waals surface area contributed by atoms with Crippen LogP contribution >= 0.6 is 15.9 Å². The largest absolute Gasteiger partial charge is 0.401 e. The molecule has 0 aromatic heterocycles. The van der Waals surface area contributed by atoms with Crippen molar-refractivity contribution in [2.75, 3.05) is 18.7 Å². The second-order valence-corrected chi connectivity index (χ2v) is 10.7. The van der Waals surface area contributed by atoms with Gasteiger partial charge in [-0.3, -0.25) is 4.99 Å². The summed E-state index contributed by atoms with van der Waals surface area (Å²) in [5.41, 5.74) is 6.32. The number of ether oxygens (including phenoxy) is 1. The van der Waals surface area contributed by atoms with Crippen LogP contribution < -0.4 is 5.73 Å². The van der Waals surface area contributed by atoms with E-state index in [1.165, 1.54) is 6.04 Å². The standard InChI is InChI=1S/C10H21BrN2OSi/c1-15(2,3)7-6-14-9-13-5-4-10(12)8-11/h4-5H,6-9,12H2,1-3H3. The van der Waals surface area contributed by atoms with Gasteiger partial charge in [-0.15, -0.1) is 0 Å². The zero-order valence-corrected chi connectivity index (χ0v) is 12.4. The van der Waals surface area contributed by atoms with E-state index >= 15 is 0 Å². The van der Waals surface area contributed by atoms with Gasteiger partial charge >= 0.3 is 0 Å². The number of rotatable bonds is 7. The van der Waals surface area contributed by atoms with Crippen LogP contribution in [0.3, 0.4) is 0 Å². The Kier molecular flexibility index (Phi) is 8.00. The van der Waals surface area contributed by atoms with Crippen LogP contribution in [0, 0.1) is 0 Å². The van der Waals surface area contributed by atoms with Crippen LogP contribution in [0.15, 0.2) is 16.8 Å². The summed E-state index contributed by atoms with van der Waals surface area (Å²) in [5.74, 6) is 0. The molecular weight excluding hydrogens is 272 g/mol. The maximum Gasteiger partial charge on any atom is 0.137 e. The first-order valence-corrected chi connectivity index (χ1v) is 9.87. The molecule has 0 atom stereocenters. The summed E-state index contributed by atoms with van der Waals surface area (Å²) in [6.45, 7) is 8.23. The van der Waals surface area contributed by atoms with Crippen LogP contribution in [0.5, 0.6) is 0 Å². The molecule has 0 saturated heterocycles. The van der Waals surface area contributed by atoms with Crippen molar-refractivity contribution in [1.82, 2.24) is 0 Å². The fourth-order valence-electron chi connectivity index (χ4n) is 0.732. The van der Waals surface area contributed by atoms with Crippen molar-refractivity contribution in [3.8, 4) is 0 Å². The molecule has 0 unspecified atom stereocenters. The molecule has 0 rings (SSSR count). The molecule has 0 radical (unpaired) electrons. The molecule has 0 saturated carbocycles. The molecular formula is C10H21BrN2OSi. The third kappa shape index (κ3) is 11.8. The van der Waals surface area contributed by atoms with E-state index in [9.17, 15) is 0 Å². The molecule has 0 aliphatic carbocycles. The number of hydrogen-bond acceptors (Lipinski definition) is 3. The normalized spacial score (nSPS) is 13.7. The predicted octanol–water partition coefficient (Wildman–Crippen LogP) is 2.61. The first-order valence-electron chi connectivity index (χ1n) is 5.04. The highest BCUT2D eigenvalue weighted by molar-refractivity contribution is 9.09. The third-order valence-corrected chi connectivity index (χ3v) is 4.06. The lowest BCUT2D eigenvalue weighted by Crippen LogP contribution is -2.21. The van der Waals surface area contributed by atoms with Crippen LogP contribution in [0.4, 0.5) is 0 Å². The number of aliphatic imine (C=N–C) groups is 1. The monoisotopic (exact) mass is 292 g/mol. The summed E-state index contributed by atoms with van der Waals surface area (Å²) < 4.78 is 5.38. The molecule has 0 heterocycles. The predicted molar refractivity (Wildman–Crippen MR) is 73.5 cm³/mol. The number of nitrogens with two attached hydrogens (primary N) is 1. The summed E-state index contributed by atoms with van der Waals surface area (Å²) in [4.78, 5) is 4.07. The number of halogens is 1. The van der Waals surface area contributed by atoms with Gasteiger partial charge in [0, 0.05) is 31.9 Å². The van der Waals surface area contributed by atoms with Crippen LogP contribution in [-0.4, -0.2) is 33.0 Å². The molecule has 0 aliphatic rings. The fraction of sp³-hybridized carbons (Fsp3) is 0.700. The molecule has 0 aliphatic heterocycles. The SMILES string of the molecule is C[Si](C)(C)CCOCN=CC=C(N)CBr. The zero-order valence-electron chi connectivity index (χ0n) is 9.79. The quantitative estimate of drug-likeness (QED) is 0.339. The van der Waals surface area contributed by atoms with Gasteiger partial charge in [-0.25, -0.2) is 0 Å². The van der Waals surface area contributed by atoms with Crippen molar-refractivity contribution < 1.29 is 4.74 Å². The van der Waals surface area contributed by atoms with Gasteiger partial charge in [-0.05, 0) is 12.1 Å². The first-order chi connectivity index (χ1) is 6.95. The van der Waals surface area contributed by atoms with Gasteiger partial charge < -0.3 is 10.5 Å². The van der Waals surface area contributed by atoms with Crippen molar-refractivity contribution in [3.63, 3.8) is 0 Å². The zero-order chi connectivity index (χ0) is 11.7. The molecule has 5 heteroatoms. The Hall–Kier alpha value is -0.133. The van der Waals surface area contributed by atoms with Gasteiger partial charge in [0.25, 0.3) is 0 Å². The lowest BCUT2D eigenvalue weighted by molar-refractivity contribution is 0.156. The smallest absolute Gasteiger partial charge is 0.137 e. The van der Waals surface area contributed by atoms with E-state index in [0.29, 0.717) is 12.1 Å². The lowest BCUT2D eigenvalue weighted by atomic mass is 10.5. The molecule has 88 valence electrons. The average Bonchev–Trinajstić information content (AvgIpc) is 2.14. The van der Waals surface area contributed by atoms with Gasteiger partial charge in [-0.1, -0.05) is 35.6 Å². The molecule has 0 bridgehead atoms. The third-order valence-electron chi connectivity index (χ3n) is 1.71. The number of nitrogens with zero attached hydrogens (tertiary/aromatic N) is 1. The minimum absolute atomic E-state index is 0.427. The molecule has 2 N–H and O–H groups in total. The van der Waals surface area contributed by atoms with E-state index in [2.05, 4.69) is 40.6 Å². The number of alkyl halides is 1. The van der Waals surface area contributed by atoms with Crippen molar-refractivity contribution in [1.29, 1.82) is 0 Å². The molecule has 0 fully saturated rings. The molecule has 0 aromatic rings. The fourth-order valence-corrected chi connectivity index (χ4v) is 1.68. The van der Waals surface area contributed by atoms with Gasteiger partial charge in [0.1, 0.15) is 6.73 Å². The van der Waals surface area contributed by atoms with Gasteiger partial charge in [0.2, 0.25) is 0 Å². The Morgan fingerprint density at radius 3 is 2.67 bits per heavy atom. The van der Waals surface area contributed by atoms with E-state index < -0.39 is 8.07 Å². The average molecular weight is 293 g/mol. The second kappa shape index (κ2) is 8.07. The van der Waals surface area contributed by atoms with Gasteiger partial charge in [0.05, 0.1) is 0 Å². The van der Waals surface area contributed by atoms with E-state index in [4.69, 9.17) is 10.5 Å². The maximum atomic E-state index is 5.56. The molecule has 3 nitrogen and oxygen atoms in total. The van der Waals surface area contributed by atoms with E-state index in [0.717, 1.165) is 12.3 Å². The van der Waals surface area contributed by atoms with Crippen molar-refractivity contribution >= 4 is 30.2 Å². The summed E-state index contributed by atoms with van der Waals surface area (Å²) in [5, 5.41) is 0.676. The maximum absolute atomic E-state index is 5.56. The van der Waals surface area contributed by atoms with E-state index in [1.54, 1.807) is 12.3 Å². The number of hydrogen-bond donors (Lipinski definition) is 1. The summed E-state index contributed by atoms with van der Waals surface area (Å²) in [6, 6.07) is 1.18. The Morgan fingerprint density at radius 2 is 2.13 bits per heavy atom. The topological polar surface area (TPSA) is 47.6 Å². The summed E-state index contributed by atoms with van der Waals surface area (Å²) in [7, 11) is -0.964. The van der Waals surface area contributed by atoms with Crippen molar-refractivity contribution in [3.05, 3.63) is 11.8 Å². The summed E-state index contributed by atoms with van der Waals surface area (Å²) in [6.07, 6.45) is 3.46. The highest BCUT2D eigenvalue weighted by Crippen LogP contribution is 2.07. The second-order valence-electron chi connectivity index (χ2n) is 4.55. The van der Waals surface area contributed by atoms with E-state index in [-0.39, 0.29) is 0 Å². The van der Waals surface area contributed by atoms with Crippen LogP contribution in [-0.2, 0) is 4.74 Å². The highest BCUT2D eigenvalue weighted by Gasteiger charge is 2.11. The Morgan fingerprint density at radius 1 is 1.47 bits per heavy atom. The summed E-state index contributed by atoms with van der Waals surface area (Å²) >= 11 is 3.25. The van der Waals surface area contributed by atoms with Gasteiger partial charge in [-0.2, -0.15) is 0 Å². The first kappa shape index (κ1) is 14.9. The Balaban J connectivity index is 3.47. The van der Waals surface area contributed by atoms with Crippen molar-refractivity contribution in [2.24, 2.45) is 10.7 Å².